The first kappa shape index (κ1) is 9.37. The van der Waals surface area contributed by atoms with Crippen molar-refractivity contribution in [3.63, 3.8) is 0 Å². The Bertz CT molecular complexity index is 111. The van der Waals surface area contributed by atoms with Gasteiger partial charge in [0.25, 0.3) is 0 Å². The largest absolute Gasteiger partial charge is 0.396 e. The van der Waals surface area contributed by atoms with Crippen LogP contribution < -0.4 is 0 Å². The molecule has 0 saturated carbocycles. The molecule has 0 rings (SSSR count). The SMILES string of the molecule is C=C(CCC)C(=O)CCO. The molecule has 0 fully saturated rings. The Kier molecular flexibility index (Phi) is 4.85. The van der Waals surface area contributed by atoms with Crippen LogP contribution >= 0.6 is 0 Å². The molecule has 0 atom stereocenters. The summed E-state index contributed by atoms with van der Waals surface area (Å²) in [4.78, 5) is 10.9. The van der Waals surface area contributed by atoms with Crippen LogP contribution in [-0.2, 0) is 4.79 Å². The van der Waals surface area contributed by atoms with E-state index in [0.29, 0.717) is 5.57 Å². The van der Waals surface area contributed by atoms with Gasteiger partial charge in [-0.25, -0.2) is 0 Å². The van der Waals surface area contributed by atoms with Gasteiger partial charge in [0.05, 0.1) is 6.61 Å². The molecule has 0 saturated heterocycles. The van der Waals surface area contributed by atoms with Crippen LogP contribution in [0.1, 0.15) is 26.2 Å². The molecule has 0 unspecified atom stereocenters. The zero-order valence-electron chi connectivity index (χ0n) is 6.39. The molecular weight excluding hydrogens is 128 g/mol. The molecule has 0 heterocycles. The number of carbonyl (C=O) groups excluding carboxylic acids is 1. The minimum Gasteiger partial charge on any atom is -0.396 e. The molecule has 0 aliphatic rings. The standard InChI is InChI=1S/C8H14O2/c1-3-4-7(2)8(10)5-6-9/h9H,2-6H2,1H3. The third kappa shape index (κ3) is 3.41. The highest BCUT2D eigenvalue weighted by atomic mass is 16.3. The van der Waals surface area contributed by atoms with Crippen molar-refractivity contribution in [1.82, 2.24) is 0 Å². The Morgan fingerprint density at radius 2 is 2.10 bits per heavy atom. The van der Waals surface area contributed by atoms with E-state index in [4.69, 9.17) is 5.11 Å². The molecule has 0 aromatic rings. The molecule has 0 bridgehead atoms. The average Bonchev–Trinajstić information content (AvgIpc) is 1.89. The molecule has 1 N–H and O–H groups in total. The second-order valence-electron chi connectivity index (χ2n) is 2.25. The van der Waals surface area contributed by atoms with Crippen LogP contribution in [-0.4, -0.2) is 17.5 Å². The van der Waals surface area contributed by atoms with Gasteiger partial charge in [-0.15, -0.1) is 0 Å². The predicted octanol–water partition coefficient (Wildman–Crippen LogP) is 1.29. The number of aliphatic hydroxyl groups is 1. The number of ketones is 1. The lowest BCUT2D eigenvalue weighted by molar-refractivity contribution is -0.116. The van der Waals surface area contributed by atoms with Crippen molar-refractivity contribution in [1.29, 1.82) is 0 Å². The van der Waals surface area contributed by atoms with Gasteiger partial charge in [0, 0.05) is 6.42 Å². The molecule has 0 aliphatic carbocycles. The smallest absolute Gasteiger partial charge is 0.160 e. The lowest BCUT2D eigenvalue weighted by Crippen LogP contribution is -2.03. The molecule has 0 aromatic carbocycles. The first-order valence-corrected chi connectivity index (χ1v) is 3.54. The fraction of sp³-hybridized carbons (Fsp3) is 0.625. The third-order valence-electron chi connectivity index (χ3n) is 1.28. The van der Waals surface area contributed by atoms with Crippen molar-refractivity contribution < 1.29 is 9.90 Å². The van der Waals surface area contributed by atoms with Crippen molar-refractivity contribution in [2.75, 3.05) is 6.61 Å². The van der Waals surface area contributed by atoms with Gasteiger partial charge in [-0.3, -0.25) is 4.79 Å². The van der Waals surface area contributed by atoms with Crippen LogP contribution in [0.5, 0.6) is 0 Å². The van der Waals surface area contributed by atoms with Crippen molar-refractivity contribution in [3.05, 3.63) is 12.2 Å². The Morgan fingerprint density at radius 1 is 1.50 bits per heavy atom. The fourth-order valence-corrected chi connectivity index (χ4v) is 0.720. The summed E-state index contributed by atoms with van der Waals surface area (Å²) in [5.41, 5.74) is 0.636. The van der Waals surface area contributed by atoms with E-state index in [9.17, 15) is 4.79 Å². The van der Waals surface area contributed by atoms with Gasteiger partial charge < -0.3 is 5.11 Å². The number of hydrogen-bond donors (Lipinski definition) is 1. The first-order valence-electron chi connectivity index (χ1n) is 3.54. The summed E-state index contributed by atoms with van der Waals surface area (Å²) in [6, 6.07) is 0. The normalized spacial score (nSPS) is 9.40. The number of carbonyl (C=O) groups is 1. The fourth-order valence-electron chi connectivity index (χ4n) is 0.720. The van der Waals surface area contributed by atoms with Gasteiger partial charge in [-0.05, 0) is 12.0 Å². The highest BCUT2D eigenvalue weighted by Gasteiger charge is 2.03. The molecule has 0 aliphatic heterocycles. The Balaban J connectivity index is 3.60. The minimum absolute atomic E-state index is 0.00986. The molecule has 2 heteroatoms. The predicted molar refractivity (Wildman–Crippen MR) is 40.8 cm³/mol. The van der Waals surface area contributed by atoms with Gasteiger partial charge in [0.2, 0.25) is 0 Å². The zero-order chi connectivity index (χ0) is 7.98. The van der Waals surface area contributed by atoms with Crippen LogP contribution in [0, 0.1) is 0 Å². The summed E-state index contributed by atoms with van der Waals surface area (Å²) in [5, 5.41) is 8.39. The molecule has 0 spiro atoms. The van der Waals surface area contributed by atoms with Crippen LogP contribution in [0.3, 0.4) is 0 Å². The van der Waals surface area contributed by atoms with Crippen LogP contribution in [0.4, 0.5) is 0 Å². The third-order valence-corrected chi connectivity index (χ3v) is 1.28. The summed E-state index contributed by atoms with van der Waals surface area (Å²) in [7, 11) is 0. The van der Waals surface area contributed by atoms with Gasteiger partial charge in [-0.2, -0.15) is 0 Å². The van der Waals surface area contributed by atoms with Gasteiger partial charge in [0.1, 0.15) is 0 Å². The van der Waals surface area contributed by atoms with Crippen molar-refractivity contribution >= 4 is 5.78 Å². The Hall–Kier alpha value is -0.630. The van der Waals surface area contributed by atoms with Crippen LogP contribution in [0.25, 0.3) is 0 Å². The topological polar surface area (TPSA) is 37.3 Å². The number of Topliss-reactive ketones (excluding diaryl/α,β-unsaturated/α-hetero) is 1. The quantitative estimate of drug-likeness (QED) is 0.587. The number of hydrogen-bond acceptors (Lipinski definition) is 2. The number of aliphatic hydroxyl groups excluding tert-OH is 1. The lowest BCUT2D eigenvalue weighted by atomic mass is 10.1. The zero-order valence-corrected chi connectivity index (χ0v) is 6.39. The maximum absolute atomic E-state index is 10.9. The Labute approximate surface area is 61.6 Å². The summed E-state index contributed by atoms with van der Waals surface area (Å²) in [6.45, 7) is 5.53. The molecule has 58 valence electrons. The van der Waals surface area contributed by atoms with Crippen molar-refractivity contribution in [3.8, 4) is 0 Å². The molecule has 0 amide bonds. The molecule has 0 aromatic heterocycles. The summed E-state index contributed by atoms with van der Waals surface area (Å²) in [5.74, 6) is -0.00986. The van der Waals surface area contributed by atoms with E-state index in [-0.39, 0.29) is 18.8 Å². The number of rotatable bonds is 5. The molecule has 10 heavy (non-hydrogen) atoms. The maximum Gasteiger partial charge on any atom is 0.160 e. The Morgan fingerprint density at radius 3 is 2.50 bits per heavy atom. The monoisotopic (exact) mass is 142 g/mol. The van der Waals surface area contributed by atoms with E-state index in [1.807, 2.05) is 6.92 Å². The first-order chi connectivity index (χ1) is 4.72. The summed E-state index contributed by atoms with van der Waals surface area (Å²) < 4.78 is 0. The lowest BCUT2D eigenvalue weighted by Gasteiger charge is -1.99. The van der Waals surface area contributed by atoms with E-state index in [0.717, 1.165) is 12.8 Å². The van der Waals surface area contributed by atoms with Crippen LogP contribution in [0.15, 0.2) is 12.2 Å². The molecule has 0 radical (unpaired) electrons. The maximum atomic E-state index is 10.9. The van der Waals surface area contributed by atoms with E-state index in [1.165, 1.54) is 0 Å². The molecule has 2 nitrogen and oxygen atoms in total. The van der Waals surface area contributed by atoms with Crippen LogP contribution in [0.2, 0.25) is 0 Å². The molecular formula is C8H14O2. The summed E-state index contributed by atoms with van der Waals surface area (Å²) in [6.07, 6.45) is 1.91. The minimum atomic E-state index is -0.0679. The highest BCUT2D eigenvalue weighted by Crippen LogP contribution is 2.04. The van der Waals surface area contributed by atoms with E-state index in [1.54, 1.807) is 0 Å². The van der Waals surface area contributed by atoms with Crippen molar-refractivity contribution in [2.24, 2.45) is 0 Å². The average molecular weight is 142 g/mol. The van der Waals surface area contributed by atoms with Gasteiger partial charge >= 0.3 is 0 Å². The second-order valence-corrected chi connectivity index (χ2v) is 2.25. The van der Waals surface area contributed by atoms with E-state index < -0.39 is 0 Å². The van der Waals surface area contributed by atoms with Gasteiger partial charge in [-0.1, -0.05) is 19.9 Å². The number of allylic oxidation sites excluding steroid dienone is 1. The van der Waals surface area contributed by atoms with E-state index in [2.05, 4.69) is 6.58 Å². The second kappa shape index (κ2) is 5.18. The summed E-state index contributed by atoms with van der Waals surface area (Å²) >= 11 is 0. The van der Waals surface area contributed by atoms with Gasteiger partial charge in [0.15, 0.2) is 5.78 Å². The highest BCUT2D eigenvalue weighted by molar-refractivity contribution is 5.94. The van der Waals surface area contributed by atoms with E-state index >= 15 is 0 Å². The van der Waals surface area contributed by atoms with Crippen molar-refractivity contribution in [2.45, 2.75) is 26.2 Å².